The second-order valence-corrected chi connectivity index (χ2v) is 7.79. The Balaban J connectivity index is 1.31. The molecule has 1 fully saturated rings. The van der Waals surface area contributed by atoms with Crippen LogP contribution in [-0.4, -0.2) is 46.5 Å². The van der Waals surface area contributed by atoms with Crippen molar-refractivity contribution < 1.29 is 9.18 Å². The molecule has 1 aliphatic rings. The zero-order valence-corrected chi connectivity index (χ0v) is 17.2. The Labute approximate surface area is 178 Å². The third-order valence-corrected chi connectivity index (χ3v) is 5.86. The fourth-order valence-electron chi connectivity index (χ4n) is 3.35. The number of nitrogens with one attached hydrogen (secondary N) is 1. The maximum atomic E-state index is 13.0. The van der Waals surface area contributed by atoms with Crippen LogP contribution in [0.2, 0.25) is 0 Å². The summed E-state index contributed by atoms with van der Waals surface area (Å²) in [4.78, 5) is 21.2. The summed E-state index contributed by atoms with van der Waals surface area (Å²) < 4.78 is 17.5. The Hall–Kier alpha value is -3.04. The quantitative estimate of drug-likeness (QED) is 0.655. The normalized spacial score (nSPS) is 14.1. The Kier molecular flexibility index (Phi) is 6.20. The summed E-state index contributed by atoms with van der Waals surface area (Å²) in [7, 11) is 0. The first-order valence-electron chi connectivity index (χ1n) is 9.78. The van der Waals surface area contributed by atoms with E-state index < -0.39 is 0 Å². The lowest BCUT2D eigenvalue weighted by atomic mass is 10.1. The number of para-hydroxylation sites is 1. The van der Waals surface area contributed by atoms with Gasteiger partial charge in [-0.05, 0) is 29.3 Å². The number of aromatic nitrogens is 2. The molecule has 2 amide bonds. The highest BCUT2D eigenvalue weighted by Crippen LogP contribution is 2.21. The van der Waals surface area contributed by atoms with Crippen molar-refractivity contribution in [3.63, 3.8) is 0 Å². The van der Waals surface area contributed by atoms with Gasteiger partial charge in [0, 0.05) is 56.4 Å². The number of nitrogens with zero attached hydrogens (tertiary/aromatic N) is 4. The van der Waals surface area contributed by atoms with Crippen LogP contribution in [-0.2, 0) is 13.0 Å². The lowest BCUT2D eigenvalue weighted by Gasteiger charge is -2.34. The number of hydrogen-bond acceptors (Lipinski definition) is 6. The molecule has 0 radical (unpaired) electrons. The van der Waals surface area contributed by atoms with Crippen LogP contribution < -0.4 is 16.0 Å². The molecule has 0 unspecified atom stereocenters. The molecule has 30 heavy (non-hydrogen) atoms. The molecule has 1 aliphatic heterocycles. The minimum atomic E-state index is -0.251. The number of rotatable bonds is 5. The smallest absolute Gasteiger partial charge is 0.321 e. The molecule has 2 aromatic carbocycles. The van der Waals surface area contributed by atoms with Gasteiger partial charge in [0.1, 0.15) is 11.6 Å². The van der Waals surface area contributed by atoms with Crippen molar-refractivity contribution in [2.45, 2.75) is 13.0 Å². The predicted molar refractivity (Wildman–Crippen MR) is 116 cm³/mol. The first-order chi connectivity index (χ1) is 14.6. The number of carbonyl (C=O) groups excluding carboxylic acids is 1. The van der Waals surface area contributed by atoms with Gasteiger partial charge in [-0.2, -0.15) is 4.37 Å². The van der Waals surface area contributed by atoms with Crippen molar-refractivity contribution in [3.05, 3.63) is 71.3 Å². The van der Waals surface area contributed by atoms with Gasteiger partial charge in [-0.15, -0.1) is 0 Å². The SMILES string of the molecule is NCc1ccccc1NC(=O)N1CCN(c2nc(Cc3ccc(F)cc3)ns2)CC1. The fourth-order valence-corrected chi connectivity index (χ4v) is 4.08. The van der Waals surface area contributed by atoms with E-state index in [0.29, 0.717) is 39.1 Å². The maximum absolute atomic E-state index is 13.0. The van der Waals surface area contributed by atoms with Gasteiger partial charge >= 0.3 is 6.03 Å². The molecule has 0 spiro atoms. The molecule has 3 N–H and O–H groups in total. The standard InChI is InChI=1S/C21H23FN6OS/c22-17-7-5-15(6-8-17)13-19-25-21(30-26-19)28-11-9-27(10-12-28)20(29)24-18-4-2-1-3-16(18)14-23/h1-8H,9-14,23H2,(H,24,29). The van der Waals surface area contributed by atoms with Gasteiger partial charge in [-0.25, -0.2) is 14.2 Å². The lowest BCUT2D eigenvalue weighted by Crippen LogP contribution is -2.50. The van der Waals surface area contributed by atoms with Crippen LogP contribution in [0.15, 0.2) is 48.5 Å². The first kappa shape index (κ1) is 20.2. The average Bonchev–Trinajstić information content (AvgIpc) is 3.24. The van der Waals surface area contributed by atoms with E-state index in [0.717, 1.165) is 27.8 Å². The number of anilines is 2. The Bertz CT molecular complexity index is 1000. The lowest BCUT2D eigenvalue weighted by molar-refractivity contribution is 0.208. The largest absolute Gasteiger partial charge is 0.343 e. The molecule has 3 aromatic rings. The predicted octanol–water partition coefficient (Wildman–Crippen LogP) is 3.08. The molecule has 7 nitrogen and oxygen atoms in total. The van der Waals surface area contributed by atoms with Crippen LogP contribution >= 0.6 is 11.5 Å². The van der Waals surface area contributed by atoms with E-state index in [1.165, 1.54) is 23.7 Å². The topological polar surface area (TPSA) is 87.4 Å². The molecule has 1 aromatic heterocycles. The van der Waals surface area contributed by atoms with Gasteiger partial charge in [0.05, 0.1) is 0 Å². The Morgan fingerprint density at radius 2 is 1.83 bits per heavy atom. The van der Waals surface area contributed by atoms with E-state index in [2.05, 4.69) is 19.6 Å². The molecule has 156 valence electrons. The van der Waals surface area contributed by atoms with Gasteiger partial charge in [0.2, 0.25) is 5.13 Å². The van der Waals surface area contributed by atoms with Crippen molar-refractivity contribution in [2.75, 3.05) is 36.4 Å². The third-order valence-electron chi connectivity index (χ3n) is 5.05. The van der Waals surface area contributed by atoms with Crippen LogP contribution in [0.4, 0.5) is 20.0 Å². The highest BCUT2D eigenvalue weighted by atomic mass is 32.1. The highest BCUT2D eigenvalue weighted by Gasteiger charge is 2.23. The van der Waals surface area contributed by atoms with E-state index in [1.54, 1.807) is 17.0 Å². The zero-order chi connectivity index (χ0) is 20.9. The number of amides is 2. The van der Waals surface area contributed by atoms with Crippen LogP contribution in [0.1, 0.15) is 17.0 Å². The fraction of sp³-hybridized carbons (Fsp3) is 0.286. The van der Waals surface area contributed by atoms with Crippen molar-refractivity contribution in [1.82, 2.24) is 14.3 Å². The van der Waals surface area contributed by atoms with Crippen LogP contribution in [0.25, 0.3) is 0 Å². The second kappa shape index (κ2) is 9.19. The van der Waals surface area contributed by atoms with E-state index in [4.69, 9.17) is 5.73 Å². The molecular weight excluding hydrogens is 403 g/mol. The Morgan fingerprint density at radius 1 is 1.10 bits per heavy atom. The van der Waals surface area contributed by atoms with E-state index in [1.807, 2.05) is 24.3 Å². The molecule has 0 atom stereocenters. The summed E-state index contributed by atoms with van der Waals surface area (Å²) in [5.41, 5.74) is 8.38. The van der Waals surface area contributed by atoms with E-state index in [9.17, 15) is 9.18 Å². The Morgan fingerprint density at radius 3 is 2.57 bits per heavy atom. The molecule has 0 saturated carbocycles. The van der Waals surface area contributed by atoms with Gasteiger partial charge in [0.15, 0.2) is 0 Å². The van der Waals surface area contributed by atoms with Crippen molar-refractivity contribution in [3.8, 4) is 0 Å². The minimum absolute atomic E-state index is 0.121. The van der Waals surface area contributed by atoms with Crippen LogP contribution in [0.3, 0.4) is 0 Å². The molecular formula is C21H23FN6OS. The third kappa shape index (κ3) is 4.74. The second-order valence-electron chi connectivity index (χ2n) is 7.06. The molecule has 0 bridgehead atoms. The van der Waals surface area contributed by atoms with Crippen LogP contribution in [0.5, 0.6) is 0 Å². The first-order valence-corrected chi connectivity index (χ1v) is 10.6. The van der Waals surface area contributed by atoms with Gasteiger partial charge in [-0.1, -0.05) is 30.3 Å². The molecule has 1 saturated heterocycles. The summed E-state index contributed by atoms with van der Waals surface area (Å²) >= 11 is 1.35. The number of urea groups is 1. The van der Waals surface area contributed by atoms with E-state index in [-0.39, 0.29) is 11.8 Å². The zero-order valence-electron chi connectivity index (χ0n) is 16.4. The number of carbonyl (C=O) groups is 1. The number of hydrogen-bond donors (Lipinski definition) is 2. The number of piperazine rings is 1. The molecule has 2 heterocycles. The summed E-state index contributed by atoms with van der Waals surface area (Å²) in [6.45, 7) is 2.96. The number of halogens is 1. The van der Waals surface area contributed by atoms with Crippen molar-refractivity contribution in [2.24, 2.45) is 5.73 Å². The van der Waals surface area contributed by atoms with Crippen molar-refractivity contribution in [1.29, 1.82) is 0 Å². The molecule has 9 heteroatoms. The summed E-state index contributed by atoms with van der Waals surface area (Å²) in [5, 5.41) is 3.81. The van der Waals surface area contributed by atoms with Gasteiger partial charge in [-0.3, -0.25) is 0 Å². The number of benzene rings is 2. The molecule has 4 rings (SSSR count). The van der Waals surface area contributed by atoms with Crippen LogP contribution in [0, 0.1) is 5.82 Å². The summed E-state index contributed by atoms with van der Waals surface area (Å²) in [6, 6.07) is 13.8. The monoisotopic (exact) mass is 426 g/mol. The van der Waals surface area contributed by atoms with Crippen molar-refractivity contribution >= 4 is 28.4 Å². The van der Waals surface area contributed by atoms with Gasteiger partial charge < -0.3 is 20.9 Å². The highest BCUT2D eigenvalue weighted by molar-refractivity contribution is 7.09. The van der Waals surface area contributed by atoms with E-state index >= 15 is 0 Å². The maximum Gasteiger partial charge on any atom is 0.321 e. The minimum Gasteiger partial charge on any atom is -0.343 e. The average molecular weight is 427 g/mol. The summed E-state index contributed by atoms with van der Waals surface area (Å²) in [6.07, 6.45) is 0.569. The number of nitrogens with two attached hydrogens (primary N) is 1. The molecule has 0 aliphatic carbocycles. The van der Waals surface area contributed by atoms with Gasteiger partial charge in [0.25, 0.3) is 0 Å². The summed E-state index contributed by atoms with van der Waals surface area (Å²) in [5.74, 6) is 0.472.